The lowest BCUT2D eigenvalue weighted by atomic mass is 9.84. The number of allylic oxidation sites excluding steroid dienone is 2. The van der Waals surface area contributed by atoms with Gasteiger partial charge in [0.2, 0.25) is 0 Å². The molecule has 1 N–H and O–H groups in total. The maximum atomic E-state index is 5.43. The third kappa shape index (κ3) is 4.35. The van der Waals surface area contributed by atoms with Crippen LogP contribution in [-0.4, -0.2) is 26.0 Å². The van der Waals surface area contributed by atoms with Crippen LogP contribution in [0.1, 0.15) is 52.4 Å². The third-order valence-electron chi connectivity index (χ3n) is 11.2. The Balaban J connectivity index is 1.10. The Morgan fingerprint density at radius 3 is 2.38 bits per heavy atom. The molecule has 3 aliphatic rings. The summed E-state index contributed by atoms with van der Waals surface area (Å²) in [5.74, 6) is 0.934. The number of para-hydroxylation sites is 2. The molecule has 5 heteroatoms. The van der Waals surface area contributed by atoms with E-state index in [2.05, 4.69) is 160 Å². The van der Waals surface area contributed by atoms with E-state index >= 15 is 0 Å². The lowest BCUT2D eigenvalue weighted by molar-refractivity contribution is 0.577. The van der Waals surface area contributed by atoms with E-state index in [-0.39, 0.29) is 12.2 Å². The van der Waals surface area contributed by atoms with Gasteiger partial charge < -0.3 is 9.88 Å². The number of nitrogens with one attached hydrogen (secondary N) is 1. The van der Waals surface area contributed by atoms with Crippen molar-refractivity contribution in [1.29, 1.82) is 0 Å². The second-order valence-corrected chi connectivity index (χ2v) is 14.0. The summed E-state index contributed by atoms with van der Waals surface area (Å²) in [6.45, 7) is 0. The number of anilines is 1. The lowest BCUT2D eigenvalue weighted by Crippen LogP contribution is -2.29. The number of hydrogen-bond donors (Lipinski definition) is 1. The summed E-state index contributed by atoms with van der Waals surface area (Å²) in [5.41, 5.74) is 14.7. The molecule has 2 unspecified atom stereocenters. The molecule has 0 fully saturated rings. The normalized spacial score (nSPS) is 17.7. The molecule has 0 radical (unpaired) electrons. The molecule has 52 heavy (non-hydrogen) atoms. The summed E-state index contributed by atoms with van der Waals surface area (Å²) in [6, 6.07) is 48.1. The van der Waals surface area contributed by atoms with Gasteiger partial charge in [-0.3, -0.25) is 9.56 Å². The van der Waals surface area contributed by atoms with Crippen LogP contribution in [0.4, 0.5) is 5.69 Å². The Morgan fingerprint density at radius 2 is 1.48 bits per heavy atom. The number of rotatable bonds is 4. The standard InChI is InChI=1S/C47H35N5/c1-2-14-30(15-3-1)46-36-20-6-9-21-39(36)49-47(50-46)35-25-26-42(32-17-5-4-16-31(32)35)51-40-22-10-7-18-33(40)37-28-38-34-19-8-11-23-41(34)52(44(38)29-43(37)51)45-24-12-13-27-48-45/h1-9,11-21,23-25,27-29,42,47,49H,10,22,26H2. The summed E-state index contributed by atoms with van der Waals surface area (Å²) < 4.78 is 5.00. The van der Waals surface area contributed by atoms with E-state index in [1.54, 1.807) is 0 Å². The van der Waals surface area contributed by atoms with Gasteiger partial charge in [-0.15, -0.1) is 0 Å². The Bertz CT molecular complexity index is 2800. The average Bonchev–Trinajstić information content (AvgIpc) is 3.71. The molecule has 8 aromatic rings. The van der Waals surface area contributed by atoms with Crippen molar-refractivity contribution in [3.8, 4) is 5.82 Å². The second-order valence-electron chi connectivity index (χ2n) is 14.0. The minimum Gasteiger partial charge on any atom is -0.359 e. The molecule has 248 valence electrons. The maximum Gasteiger partial charge on any atom is 0.145 e. The van der Waals surface area contributed by atoms with E-state index in [1.165, 1.54) is 60.7 Å². The first-order valence-corrected chi connectivity index (χ1v) is 18.3. The van der Waals surface area contributed by atoms with E-state index in [1.807, 2.05) is 12.3 Å². The minimum absolute atomic E-state index is 0.149. The molecule has 5 nitrogen and oxygen atoms in total. The molecule has 4 heterocycles. The first kappa shape index (κ1) is 29.3. The monoisotopic (exact) mass is 669 g/mol. The molecule has 5 aromatic carbocycles. The van der Waals surface area contributed by atoms with Gasteiger partial charge in [0.15, 0.2) is 0 Å². The molecule has 0 saturated heterocycles. The Morgan fingerprint density at radius 1 is 0.673 bits per heavy atom. The van der Waals surface area contributed by atoms with Gasteiger partial charge >= 0.3 is 0 Å². The van der Waals surface area contributed by atoms with Gasteiger partial charge in [-0.2, -0.15) is 0 Å². The second kappa shape index (κ2) is 11.5. The van der Waals surface area contributed by atoms with Crippen LogP contribution in [0, 0.1) is 0 Å². The first-order valence-electron chi connectivity index (χ1n) is 18.3. The van der Waals surface area contributed by atoms with E-state index in [4.69, 9.17) is 9.98 Å². The summed E-state index contributed by atoms with van der Waals surface area (Å²) in [6.07, 6.45) is 11.8. The largest absolute Gasteiger partial charge is 0.359 e. The fourth-order valence-corrected chi connectivity index (χ4v) is 9.00. The number of hydrogen-bond acceptors (Lipinski definition) is 3. The van der Waals surface area contributed by atoms with Crippen LogP contribution in [0.5, 0.6) is 0 Å². The fraction of sp³-hybridized carbons (Fsp3) is 0.106. The zero-order valence-electron chi connectivity index (χ0n) is 28.6. The predicted molar refractivity (Wildman–Crippen MR) is 215 cm³/mol. The molecule has 0 saturated carbocycles. The van der Waals surface area contributed by atoms with Crippen molar-refractivity contribution in [3.63, 3.8) is 0 Å². The number of benzene rings is 5. The van der Waals surface area contributed by atoms with Crippen molar-refractivity contribution in [3.05, 3.63) is 185 Å². The molecular weight excluding hydrogens is 635 g/mol. The molecule has 11 rings (SSSR count). The Hall–Kier alpha value is -6.46. The number of fused-ring (bicyclic) bond motifs is 8. The number of nitrogens with zero attached hydrogens (tertiary/aromatic N) is 4. The smallest absolute Gasteiger partial charge is 0.145 e. The van der Waals surface area contributed by atoms with E-state index in [9.17, 15) is 0 Å². The molecule has 1 aliphatic heterocycles. The molecule has 3 aromatic heterocycles. The molecule has 2 aliphatic carbocycles. The van der Waals surface area contributed by atoms with Gasteiger partial charge in [0.25, 0.3) is 0 Å². The number of aromatic nitrogens is 3. The molecule has 0 spiro atoms. The first-order chi connectivity index (χ1) is 25.8. The summed E-state index contributed by atoms with van der Waals surface area (Å²) >= 11 is 0. The summed E-state index contributed by atoms with van der Waals surface area (Å²) in [4.78, 5) is 10.3. The molecule has 2 atom stereocenters. The number of aliphatic imine (C=N–C) groups is 1. The number of pyridine rings is 1. The third-order valence-corrected chi connectivity index (χ3v) is 11.2. The van der Waals surface area contributed by atoms with Crippen molar-refractivity contribution in [1.82, 2.24) is 14.1 Å². The highest BCUT2D eigenvalue weighted by molar-refractivity contribution is 6.17. The van der Waals surface area contributed by atoms with Gasteiger partial charge in [0, 0.05) is 50.4 Å². The van der Waals surface area contributed by atoms with Crippen molar-refractivity contribution in [2.75, 3.05) is 5.32 Å². The Labute approximate surface area is 301 Å². The van der Waals surface area contributed by atoms with Crippen LogP contribution in [0.25, 0.3) is 50.2 Å². The van der Waals surface area contributed by atoms with Gasteiger partial charge in [0.05, 0.1) is 28.3 Å². The highest BCUT2D eigenvalue weighted by Gasteiger charge is 2.33. The van der Waals surface area contributed by atoms with Crippen molar-refractivity contribution < 1.29 is 0 Å². The van der Waals surface area contributed by atoms with Crippen LogP contribution < -0.4 is 5.32 Å². The maximum absolute atomic E-state index is 5.43. The highest BCUT2D eigenvalue weighted by Crippen LogP contribution is 2.45. The molecule has 0 amide bonds. The van der Waals surface area contributed by atoms with Crippen LogP contribution in [-0.2, 0) is 6.42 Å². The highest BCUT2D eigenvalue weighted by atomic mass is 15.1. The summed E-state index contributed by atoms with van der Waals surface area (Å²) in [5, 5.41) is 7.64. The van der Waals surface area contributed by atoms with Gasteiger partial charge in [0.1, 0.15) is 12.0 Å². The van der Waals surface area contributed by atoms with Crippen molar-refractivity contribution in [2.45, 2.75) is 31.5 Å². The van der Waals surface area contributed by atoms with Gasteiger partial charge in [-0.05, 0) is 72.4 Å². The topological polar surface area (TPSA) is 47.1 Å². The van der Waals surface area contributed by atoms with Crippen molar-refractivity contribution >= 4 is 55.8 Å². The van der Waals surface area contributed by atoms with Gasteiger partial charge in [-0.1, -0.05) is 115 Å². The van der Waals surface area contributed by atoms with Crippen LogP contribution >= 0.6 is 0 Å². The van der Waals surface area contributed by atoms with Crippen LogP contribution in [0.3, 0.4) is 0 Å². The summed E-state index contributed by atoms with van der Waals surface area (Å²) in [7, 11) is 0. The lowest BCUT2D eigenvalue weighted by Gasteiger charge is -2.34. The fourth-order valence-electron chi connectivity index (χ4n) is 9.00. The SMILES string of the molecule is C1=Cc2c(n(C3CC=C(C4N=C(c5ccccc5)c5ccccc5N4)c4ccccc43)c3cc4c(cc23)c2ccccc2n4-c2ccccn2)CC1. The quantitative estimate of drug-likeness (QED) is 0.203. The van der Waals surface area contributed by atoms with Crippen LogP contribution in [0.2, 0.25) is 0 Å². The average molecular weight is 670 g/mol. The van der Waals surface area contributed by atoms with Gasteiger partial charge in [-0.25, -0.2) is 4.98 Å². The minimum atomic E-state index is -0.195. The van der Waals surface area contributed by atoms with E-state index in [0.717, 1.165) is 47.6 Å². The predicted octanol–water partition coefficient (Wildman–Crippen LogP) is 10.8. The van der Waals surface area contributed by atoms with E-state index < -0.39 is 0 Å². The zero-order valence-corrected chi connectivity index (χ0v) is 28.6. The Kier molecular flexibility index (Phi) is 6.50. The zero-order chi connectivity index (χ0) is 34.2. The van der Waals surface area contributed by atoms with E-state index in [0.29, 0.717) is 0 Å². The van der Waals surface area contributed by atoms with Crippen LogP contribution in [0.15, 0.2) is 157 Å². The molecule has 0 bridgehead atoms. The van der Waals surface area contributed by atoms with Crippen molar-refractivity contribution in [2.24, 2.45) is 4.99 Å². The molecular formula is C47H35N5.